The molecule has 0 aliphatic heterocycles. The van der Waals surface area contributed by atoms with Crippen molar-refractivity contribution in [2.24, 2.45) is 5.73 Å². The Morgan fingerprint density at radius 2 is 2.25 bits per heavy atom. The van der Waals surface area contributed by atoms with Gasteiger partial charge in [0.25, 0.3) is 0 Å². The standard InChI is InChI=1S/C12H14N2O2/c1-16-11-5-4-8(10(13)7-15)9-3-2-6-14-12(9)11/h2-6,10,15H,7,13H2,1H3. The molecule has 4 heteroatoms. The predicted octanol–water partition coefficient (Wildman–Crippen LogP) is 1.24. The number of ether oxygens (including phenoxy) is 1. The van der Waals surface area contributed by atoms with Crippen molar-refractivity contribution in [1.29, 1.82) is 0 Å². The quantitative estimate of drug-likeness (QED) is 0.813. The van der Waals surface area contributed by atoms with E-state index in [0.717, 1.165) is 16.5 Å². The smallest absolute Gasteiger partial charge is 0.145 e. The number of aliphatic hydroxyl groups is 1. The number of rotatable bonds is 3. The molecule has 1 heterocycles. The lowest BCUT2D eigenvalue weighted by Gasteiger charge is -2.13. The van der Waals surface area contributed by atoms with Gasteiger partial charge in [-0.25, -0.2) is 0 Å². The third kappa shape index (κ3) is 1.73. The highest BCUT2D eigenvalue weighted by Crippen LogP contribution is 2.28. The fraction of sp³-hybridized carbons (Fsp3) is 0.250. The predicted molar refractivity (Wildman–Crippen MR) is 62.3 cm³/mol. The number of benzene rings is 1. The third-order valence-corrected chi connectivity index (χ3v) is 2.58. The Hall–Kier alpha value is -1.65. The summed E-state index contributed by atoms with van der Waals surface area (Å²) >= 11 is 0. The first-order chi connectivity index (χ1) is 7.77. The lowest BCUT2D eigenvalue weighted by atomic mass is 10.0. The highest BCUT2D eigenvalue weighted by Gasteiger charge is 2.11. The molecule has 0 aliphatic carbocycles. The third-order valence-electron chi connectivity index (χ3n) is 2.58. The Kier molecular flexibility index (Phi) is 3.03. The van der Waals surface area contributed by atoms with Crippen LogP contribution in [0.15, 0.2) is 30.5 Å². The van der Waals surface area contributed by atoms with Gasteiger partial charge in [0.15, 0.2) is 0 Å². The molecule has 0 aliphatic rings. The van der Waals surface area contributed by atoms with Crippen LogP contribution in [-0.4, -0.2) is 23.8 Å². The second-order valence-electron chi connectivity index (χ2n) is 3.55. The molecule has 1 atom stereocenters. The van der Waals surface area contributed by atoms with Gasteiger partial charge in [-0.2, -0.15) is 0 Å². The molecule has 84 valence electrons. The summed E-state index contributed by atoms with van der Waals surface area (Å²) in [6.07, 6.45) is 1.71. The van der Waals surface area contributed by atoms with Crippen LogP contribution in [0.4, 0.5) is 0 Å². The van der Waals surface area contributed by atoms with E-state index >= 15 is 0 Å². The minimum atomic E-state index is -0.391. The van der Waals surface area contributed by atoms with Crippen molar-refractivity contribution in [2.45, 2.75) is 6.04 Å². The first-order valence-corrected chi connectivity index (χ1v) is 5.06. The van der Waals surface area contributed by atoms with Gasteiger partial charge in [-0.1, -0.05) is 12.1 Å². The molecule has 2 aromatic rings. The molecule has 2 rings (SSSR count). The van der Waals surface area contributed by atoms with Crippen LogP contribution in [0.3, 0.4) is 0 Å². The summed E-state index contributed by atoms with van der Waals surface area (Å²) in [7, 11) is 1.61. The molecule has 0 saturated carbocycles. The van der Waals surface area contributed by atoms with Crippen LogP contribution in [0.25, 0.3) is 10.9 Å². The number of nitrogens with zero attached hydrogens (tertiary/aromatic N) is 1. The van der Waals surface area contributed by atoms with Crippen molar-refractivity contribution >= 4 is 10.9 Å². The largest absolute Gasteiger partial charge is 0.494 e. The van der Waals surface area contributed by atoms with Crippen molar-refractivity contribution in [1.82, 2.24) is 4.98 Å². The number of hydrogen-bond donors (Lipinski definition) is 2. The van der Waals surface area contributed by atoms with Crippen LogP contribution in [0.5, 0.6) is 5.75 Å². The number of nitrogens with two attached hydrogens (primary N) is 1. The molecule has 1 aromatic heterocycles. The van der Waals surface area contributed by atoms with Crippen LogP contribution >= 0.6 is 0 Å². The average molecular weight is 218 g/mol. The molecule has 4 nitrogen and oxygen atoms in total. The number of pyridine rings is 1. The van der Waals surface area contributed by atoms with Gasteiger partial charge < -0.3 is 15.6 Å². The zero-order valence-electron chi connectivity index (χ0n) is 9.05. The molecule has 0 saturated heterocycles. The molecule has 3 N–H and O–H groups in total. The average Bonchev–Trinajstić information content (AvgIpc) is 2.36. The Morgan fingerprint density at radius 1 is 1.44 bits per heavy atom. The van der Waals surface area contributed by atoms with E-state index in [1.807, 2.05) is 24.3 Å². The van der Waals surface area contributed by atoms with Gasteiger partial charge in [-0.15, -0.1) is 0 Å². The van der Waals surface area contributed by atoms with E-state index < -0.39 is 6.04 Å². The van der Waals surface area contributed by atoms with Crippen LogP contribution in [0, 0.1) is 0 Å². The van der Waals surface area contributed by atoms with E-state index in [1.54, 1.807) is 13.3 Å². The Labute approximate surface area is 93.7 Å². The molecule has 0 radical (unpaired) electrons. The number of hydrogen-bond acceptors (Lipinski definition) is 4. The van der Waals surface area contributed by atoms with E-state index in [4.69, 9.17) is 15.6 Å². The zero-order valence-corrected chi connectivity index (χ0v) is 9.05. The summed E-state index contributed by atoms with van der Waals surface area (Å²) in [5.74, 6) is 0.712. The van der Waals surface area contributed by atoms with Crippen LogP contribution < -0.4 is 10.5 Å². The van der Waals surface area contributed by atoms with Gasteiger partial charge in [0.2, 0.25) is 0 Å². The van der Waals surface area contributed by atoms with E-state index in [-0.39, 0.29) is 6.61 Å². The van der Waals surface area contributed by atoms with E-state index in [0.29, 0.717) is 5.75 Å². The Bertz CT molecular complexity index is 499. The lowest BCUT2D eigenvalue weighted by Crippen LogP contribution is -2.15. The van der Waals surface area contributed by atoms with Crippen molar-refractivity contribution < 1.29 is 9.84 Å². The van der Waals surface area contributed by atoms with E-state index in [1.165, 1.54) is 0 Å². The van der Waals surface area contributed by atoms with Crippen molar-refractivity contribution in [3.63, 3.8) is 0 Å². The molecule has 0 amide bonds. The summed E-state index contributed by atoms with van der Waals surface area (Å²) in [5.41, 5.74) is 7.48. The maximum absolute atomic E-state index is 9.10. The van der Waals surface area contributed by atoms with E-state index in [2.05, 4.69) is 4.98 Å². The van der Waals surface area contributed by atoms with Gasteiger partial charge in [-0.05, 0) is 17.7 Å². The highest BCUT2D eigenvalue weighted by molar-refractivity contribution is 5.87. The number of methoxy groups -OCH3 is 1. The van der Waals surface area contributed by atoms with Crippen molar-refractivity contribution in [2.75, 3.05) is 13.7 Å². The first kappa shape index (κ1) is 10.9. The Balaban J connectivity index is 2.69. The molecular formula is C12H14N2O2. The van der Waals surface area contributed by atoms with Crippen LogP contribution in [-0.2, 0) is 0 Å². The zero-order chi connectivity index (χ0) is 11.5. The number of aliphatic hydroxyl groups excluding tert-OH is 1. The second-order valence-corrected chi connectivity index (χ2v) is 3.55. The summed E-state index contributed by atoms with van der Waals surface area (Å²) < 4.78 is 5.23. The molecule has 0 spiro atoms. The fourth-order valence-corrected chi connectivity index (χ4v) is 1.76. The van der Waals surface area contributed by atoms with Gasteiger partial charge in [-0.3, -0.25) is 4.98 Å². The number of fused-ring (bicyclic) bond motifs is 1. The SMILES string of the molecule is COc1ccc(C(N)CO)c2cccnc12. The minimum absolute atomic E-state index is 0.0870. The second kappa shape index (κ2) is 4.47. The maximum Gasteiger partial charge on any atom is 0.145 e. The van der Waals surface area contributed by atoms with Crippen LogP contribution in [0.2, 0.25) is 0 Å². The Morgan fingerprint density at radius 3 is 2.94 bits per heavy atom. The van der Waals surface area contributed by atoms with Crippen molar-refractivity contribution in [3.05, 3.63) is 36.0 Å². The summed E-state index contributed by atoms with van der Waals surface area (Å²) in [4.78, 5) is 4.27. The summed E-state index contributed by atoms with van der Waals surface area (Å²) in [6.45, 7) is -0.0870. The molecular weight excluding hydrogens is 204 g/mol. The molecule has 16 heavy (non-hydrogen) atoms. The minimum Gasteiger partial charge on any atom is -0.494 e. The molecule has 0 bridgehead atoms. The first-order valence-electron chi connectivity index (χ1n) is 5.06. The summed E-state index contributed by atoms with van der Waals surface area (Å²) in [6, 6.07) is 7.06. The fourth-order valence-electron chi connectivity index (χ4n) is 1.76. The van der Waals surface area contributed by atoms with Gasteiger partial charge in [0, 0.05) is 11.6 Å². The summed E-state index contributed by atoms with van der Waals surface area (Å²) in [5, 5.41) is 10.0. The van der Waals surface area contributed by atoms with Gasteiger partial charge >= 0.3 is 0 Å². The van der Waals surface area contributed by atoms with Crippen LogP contribution in [0.1, 0.15) is 11.6 Å². The van der Waals surface area contributed by atoms with Gasteiger partial charge in [0.05, 0.1) is 19.8 Å². The van der Waals surface area contributed by atoms with E-state index in [9.17, 15) is 0 Å². The molecule has 1 aromatic carbocycles. The topological polar surface area (TPSA) is 68.4 Å². The maximum atomic E-state index is 9.10. The van der Waals surface area contributed by atoms with Crippen molar-refractivity contribution in [3.8, 4) is 5.75 Å². The molecule has 1 unspecified atom stereocenters. The number of aromatic nitrogens is 1. The highest BCUT2D eigenvalue weighted by atomic mass is 16.5. The van der Waals surface area contributed by atoms with Gasteiger partial charge in [0.1, 0.15) is 11.3 Å². The monoisotopic (exact) mass is 218 g/mol. The molecule has 0 fully saturated rings. The lowest BCUT2D eigenvalue weighted by molar-refractivity contribution is 0.268. The normalized spacial score (nSPS) is 12.7.